The van der Waals surface area contributed by atoms with Gasteiger partial charge < -0.3 is 10.1 Å². The number of benzene rings is 1. The zero-order valence-electron chi connectivity index (χ0n) is 15.4. The van der Waals surface area contributed by atoms with Gasteiger partial charge in [0.05, 0.1) is 11.4 Å². The second kappa shape index (κ2) is 11.1. The number of unbranched alkanes of at least 4 members (excludes halogenated alkanes) is 4. The number of amides is 2. The van der Waals surface area contributed by atoms with E-state index in [4.69, 9.17) is 4.74 Å². The van der Waals surface area contributed by atoms with Gasteiger partial charge in [-0.3, -0.25) is 10.1 Å². The first-order valence-electron chi connectivity index (χ1n) is 8.76. The van der Waals surface area contributed by atoms with E-state index in [9.17, 15) is 9.59 Å². The Labute approximate surface area is 159 Å². The van der Waals surface area contributed by atoms with Crippen LogP contribution in [0.2, 0.25) is 0 Å². The first-order chi connectivity index (χ1) is 11.8. The van der Waals surface area contributed by atoms with Gasteiger partial charge in [-0.2, -0.15) is 0 Å². The lowest BCUT2D eigenvalue weighted by molar-refractivity contribution is -0.116. The summed E-state index contributed by atoms with van der Waals surface area (Å²) in [6.45, 7) is 5.41. The molecule has 1 aromatic carbocycles. The summed E-state index contributed by atoms with van der Waals surface area (Å²) in [5.74, 6) is -0.0427. The third kappa shape index (κ3) is 10.1. The van der Waals surface area contributed by atoms with Gasteiger partial charge in [-0.25, -0.2) is 4.79 Å². The summed E-state index contributed by atoms with van der Waals surface area (Å²) in [6.07, 6.45) is 5.38. The van der Waals surface area contributed by atoms with Crippen LogP contribution in [0.3, 0.4) is 0 Å². The van der Waals surface area contributed by atoms with Crippen LogP contribution in [0.4, 0.5) is 16.2 Å². The quantitative estimate of drug-likeness (QED) is 0.403. The van der Waals surface area contributed by atoms with Gasteiger partial charge in [0, 0.05) is 11.8 Å². The van der Waals surface area contributed by atoms with Crippen molar-refractivity contribution in [2.24, 2.45) is 0 Å². The van der Waals surface area contributed by atoms with Crippen molar-refractivity contribution < 1.29 is 14.3 Å². The lowest BCUT2D eigenvalue weighted by Gasteiger charge is -2.20. The predicted octanol–water partition coefficient (Wildman–Crippen LogP) is 5.71. The van der Waals surface area contributed by atoms with Crippen LogP contribution in [0.1, 0.15) is 59.3 Å². The van der Waals surface area contributed by atoms with Gasteiger partial charge in [0.2, 0.25) is 5.91 Å². The molecule has 1 aromatic rings. The van der Waals surface area contributed by atoms with Crippen LogP contribution in [-0.2, 0) is 9.53 Å². The van der Waals surface area contributed by atoms with Gasteiger partial charge in [0.15, 0.2) is 0 Å². The van der Waals surface area contributed by atoms with E-state index in [0.29, 0.717) is 17.8 Å². The topological polar surface area (TPSA) is 67.4 Å². The van der Waals surface area contributed by atoms with Gasteiger partial charge in [-0.05, 0) is 45.7 Å². The number of alkyl halides is 1. The maximum absolute atomic E-state index is 12.1. The Balaban J connectivity index is 2.47. The monoisotopic (exact) mass is 412 g/mol. The minimum absolute atomic E-state index is 0.0427. The van der Waals surface area contributed by atoms with Crippen LogP contribution in [0.15, 0.2) is 24.3 Å². The fraction of sp³-hybridized carbons (Fsp3) is 0.579. The maximum atomic E-state index is 12.1. The van der Waals surface area contributed by atoms with Crippen molar-refractivity contribution in [2.45, 2.75) is 64.9 Å². The van der Waals surface area contributed by atoms with Crippen molar-refractivity contribution in [1.29, 1.82) is 0 Å². The molecule has 1 rings (SSSR count). The summed E-state index contributed by atoms with van der Waals surface area (Å²) < 4.78 is 5.25. The summed E-state index contributed by atoms with van der Waals surface area (Å²) in [5, 5.41) is 6.58. The van der Waals surface area contributed by atoms with Crippen molar-refractivity contribution in [3.05, 3.63) is 24.3 Å². The Morgan fingerprint density at radius 2 is 1.52 bits per heavy atom. The van der Waals surface area contributed by atoms with Gasteiger partial charge in [0.25, 0.3) is 0 Å². The molecule has 0 aliphatic heterocycles. The van der Waals surface area contributed by atoms with Crippen LogP contribution in [-0.4, -0.2) is 22.9 Å². The van der Waals surface area contributed by atoms with Gasteiger partial charge in [-0.1, -0.05) is 47.3 Å². The lowest BCUT2D eigenvalue weighted by Crippen LogP contribution is -2.27. The molecule has 0 aliphatic rings. The first kappa shape index (κ1) is 21.5. The molecule has 2 N–H and O–H groups in total. The second-order valence-corrected chi connectivity index (χ2v) is 7.72. The summed E-state index contributed by atoms with van der Waals surface area (Å²) in [6, 6.07) is 7.11. The third-order valence-corrected chi connectivity index (χ3v) is 3.93. The number of anilines is 2. The van der Waals surface area contributed by atoms with Crippen LogP contribution >= 0.6 is 15.9 Å². The highest BCUT2D eigenvalue weighted by molar-refractivity contribution is 9.09. The number of ether oxygens (including phenoxy) is 1. The highest BCUT2D eigenvalue weighted by Gasteiger charge is 2.17. The van der Waals surface area contributed by atoms with Crippen molar-refractivity contribution in [2.75, 3.05) is 16.0 Å². The molecule has 0 saturated heterocycles. The number of hydrogen-bond donors (Lipinski definition) is 2. The average molecular weight is 413 g/mol. The summed E-state index contributed by atoms with van der Waals surface area (Å²) in [7, 11) is 0. The van der Waals surface area contributed by atoms with Crippen molar-refractivity contribution in [3.63, 3.8) is 0 Å². The molecule has 0 aliphatic carbocycles. The lowest BCUT2D eigenvalue weighted by atomic mass is 10.1. The number of rotatable bonds is 9. The van der Waals surface area contributed by atoms with Crippen LogP contribution in [0, 0.1) is 0 Å². The molecule has 0 atom stereocenters. The molecule has 25 heavy (non-hydrogen) atoms. The Morgan fingerprint density at radius 1 is 0.960 bits per heavy atom. The summed E-state index contributed by atoms with van der Waals surface area (Å²) in [5.41, 5.74) is 0.539. The second-order valence-electron chi connectivity index (χ2n) is 6.93. The standard InChI is InChI=1S/C19H29BrN2O3/c1-19(2,3)25-18(24)22-16-12-9-8-11-15(16)21-17(23)13-7-5-4-6-10-14-20/h8-9,11-12H,4-7,10,13-14H2,1-3H3,(H,21,23)(H,22,24). The SMILES string of the molecule is CC(C)(C)OC(=O)Nc1ccccc1NC(=O)CCCCCCCBr. The van der Waals surface area contributed by atoms with Crippen molar-refractivity contribution >= 4 is 39.3 Å². The summed E-state index contributed by atoms with van der Waals surface area (Å²) >= 11 is 3.42. The molecule has 6 heteroatoms. The van der Waals surface area contributed by atoms with Gasteiger partial charge in [0.1, 0.15) is 5.60 Å². The normalized spacial score (nSPS) is 11.0. The largest absolute Gasteiger partial charge is 0.444 e. The smallest absolute Gasteiger partial charge is 0.412 e. The molecule has 0 saturated carbocycles. The minimum atomic E-state index is -0.572. The summed E-state index contributed by atoms with van der Waals surface area (Å²) in [4.78, 5) is 24.0. The number of hydrogen-bond acceptors (Lipinski definition) is 3. The Morgan fingerprint density at radius 3 is 2.12 bits per heavy atom. The Hall–Kier alpha value is -1.56. The van der Waals surface area contributed by atoms with Crippen LogP contribution < -0.4 is 10.6 Å². The fourth-order valence-electron chi connectivity index (χ4n) is 2.24. The zero-order chi connectivity index (χ0) is 18.7. The van der Waals surface area contributed by atoms with E-state index in [1.807, 2.05) is 6.07 Å². The van der Waals surface area contributed by atoms with E-state index in [-0.39, 0.29) is 5.91 Å². The van der Waals surface area contributed by atoms with E-state index in [2.05, 4.69) is 26.6 Å². The van der Waals surface area contributed by atoms with E-state index < -0.39 is 11.7 Å². The highest BCUT2D eigenvalue weighted by atomic mass is 79.9. The van der Waals surface area contributed by atoms with E-state index in [1.54, 1.807) is 39.0 Å². The fourth-order valence-corrected chi connectivity index (χ4v) is 2.63. The Kier molecular flexibility index (Phi) is 9.57. The molecular formula is C19H29BrN2O3. The van der Waals surface area contributed by atoms with Gasteiger partial charge >= 0.3 is 6.09 Å². The maximum Gasteiger partial charge on any atom is 0.412 e. The molecule has 140 valence electrons. The van der Waals surface area contributed by atoms with Crippen molar-refractivity contribution in [3.8, 4) is 0 Å². The number of carbonyl (C=O) groups excluding carboxylic acids is 2. The van der Waals surface area contributed by atoms with E-state index in [0.717, 1.165) is 24.6 Å². The Bertz CT molecular complexity index is 556. The first-order valence-corrected chi connectivity index (χ1v) is 9.89. The molecule has 0 aromatic heterocycles. The van der Waals surface area contributed by atoms with Crippen LogP contribution in [0.25, 0.3) is 0 Å². The highest BCUT2D eigenvalue weighted by Crippen LogP contribution is 2.22. The number of para-hydroxylation sites is 2. The van der Waals surface area contributed by atoms with Crippen molar-refractivity contribution in [1.82, 2.24) is 0 Å². The molecule has 0 bridgehead atoms. The molecule has 0 heterocycles. The number of nitrogens with one attached hydrogen (secondary N) is 2. The van der Waals surface area contributed by atoms with Crippen LogP contribution in [0.5, 0.6) is 0 Å². The molecule has 5 nitrogen and oxygen atoms in total. The molecule has 2 amide bonds. The predicted molar refractivity (Wildman–Crippen MR) is 106 cm³/mol. The molecule has 0 spiro atoms. The molecule has 0 radical (unpaired) electrons. The van der Waals surface area contributed by atoms with E-state index >= 15 is 0 Å². The molecule has 0 fully saturated rings. The number of carbonyl (C=O) groups is 2. The molecular weight excluding hydrogens is 384 g/mol. The average Bonchev–Trinajstić information content (AvgIpc) is 2.51. The third-order valence-electron chi connectivity index (χ3n) is 3.37. The van der Waals surface area contributed by atoms with Gasteiger partial charge in [-0.15, -0.1) is 0 Å². The zero-order valence-corrected chi connectivity index (χ0v) is 16.9. The molecule has 0 unspecified atom stereocenters. The minimum Gasteiger partial charge on any atom is -0.444 e. The number of halogens is 1. The van der Waals surface area contributed by atoms with E-state index in [1.165, 1.54) is 12.8 Å².